The average molecular weight is 385 g/mol. The number of benzene rings is 2. The Morgan fingerprint density at radius 2 is 1.93 bits per heavy atom. The first-order valence-electron chi connectivity index (χ1n) is 8.83. The number of rotatable bonds is 7. The molecular formula is C20H21ClN4O2. The van der Waals surface area contributed by atoms with Gasteiger partial charge in [-0.25, -0.2) is 4.98 Å². The van der Waals surface area contributed by atoms with Crippen molar-refractivity contribution in [2.45, 2.75) is 32.9 Å². The number of carbonyl (C=O) groups excluding carboxylic acids is 2. The molecule has 2 aromatic carbocycles. The van der Waals surface area contributed by atoms with Gasteiger partial charge in [0.2, 0.25) is 11.8 Å². The highest BCUT2D eigenvalue weighted by Crippen LogP contribution is 2.18. The van der Waals surface area contributed by atoms with Crippen LogP contribution in [0.5, 0.6) is 0 Å². The molecule has 2 amide bonds. The van der Waals surface area contributed by atoms with Crippen molar-refractivity contribution in [1.29, 1.82) is 0 Å². The van der Waals surface area contributed by atoms with E-state index in [2.05, 4.69) is 15.6 Å². The molecule has 2 N–H and O–H groups in total. The van der Waals surface area contributed by atoms with Crippen LogP contribution in [0, 0.1) is 0 Å². The number of nitrogens with one attached hydrogen (secondary N) is 2. The third-order valence-corrected chi connectivity index (χ3v) is 4.30. The zero-order valence-corrected chi connectivity index (χ0v) is 15.8. The fourth-order valence-electron chi connectivity index (χ4n) is 2.84. The molecule has 0 radical (unpaired) electrons. The highest BCUT2D eigenvalue weighted by molar-refractivity contribution is 6.30. The topological polar surface area (TPSA) is 76.0 Å². The summed E-state index contributed by atoms with van der Waals surface area (Å²) < 4.78 is 1.82. The highest BCUT2D eigenvalue weighted by atomic mass is 35.5. The summed E-state index contributed by atoms with van der Waals surface area (Å²) in [7, 11) is 0. The van der Waals surface area contributed by atoms with Crippen molar-refractivity contribution in [3.05, 3.63) is 59.4 Å². The number of halogens is 1. The lowest BCUT2D eigenvalue weighted by atomic mass is 10.3. The normalized spacial score (nSPS) is 10.7. The molecule has 7 heteroatoms. The average Bonchev–Trinajstić information content (AvgIpc) is 2.98. The highest BCUT2D eigenvalue weighted by Gasteiger charge is 2.14. The van der Waals surface area contributed by atoms with Crippen molar-refractivity contribution < 1.29 is 9.59 Å². The minimum absolute atomic E-state index is 0.0283. The van der Waals surface area contributed by atoms with Crippen LogP contribution in [0.1, 0.15) is 25.6 Å². The van der Waals surface area contributed by atoms with Crippen LogP contribution in [0.3, 0.4) is 0 Å². The summed E-state index contributed by atoms with van der Waals surface area (Å²) in [6.45, 7) is 2.32. The summed E-state index contributed by atoms with van der Waals surface area (Å²) in [5, 5.41) is 6.25. The van der Waals surface area contributed by atoms with Crippen LogP contribution < -0.4 is 10.6 Å². The summed E-state index contributed by atoms with van der Waals surface area (Å²) in [4.78, 5) is 28.9. The molecule has 0 saturated heterocycles. The SMILES string of the molecule is CCCC(=O)NCc1nc2ccccc2n1CC(=O)Nc1cccc(Cl)c1. The largest absolute Gasteiger partial charge is 0.349 e. The van der Waals surface area contributed by atoms with E-state index in [1.54, 1.807) is 24.3 Å². The fraction of sp³-hybridized carbons (Fsp3) is 0.250. The molecule has 1 aromatic heterocycles. The van der Waals surface area contributed by atoms with Crippen LogP contribution in [-0.2, 0) is 22.7 Å². The van der Waals surface area contributed by atoms with Gasteiger partial charge in [0, 0.05) is 17.1 Å². The van der Waals surface area contributed by atoms with Gasteiger partial charge in [0.05, 0.1) is 17.6 Å². The first-order chi connectivity index (χ1) is 13.1. The molecule has 0 aliphatic rings. The molecule has 6 nitrogen and oxygen atoms in total. The number of fused-ring (bicyclic) bond motifs is 1. The van der Waals surface area contributed by atoms with E-state index in [9.17, 15) is 9.59 Å². The number of imidazole rings is 1. The van der Waals surface area contributed by atoms with Crippen molar-refractivity contribution in [2.24, 2.45) is 0 Å². The molecule has 0 fully saturated rings. The summed E-state index contributed by atoms with van der Waals surface area (Å²) >= 11 is 5.96. The van der Waals surface area contributed by atoms with Gasteiger partial charge in [-0.3, -0.25) is 9.59 Å². The van der Waals surface area contributed by atoms with Gasteiger partial charge in [0.15, 0.2) is 0 Å². The molecule has 0 aliphatic heterocycles. The maximum atomic E-state index is 12.5. The van der Waals surface area contributed by atoms with Crippen molar-refractivity contribution in [2.75, 3.05) is 5.32 Å². The Morgan fingerprint density at radius 1 is 1.11 bits per heavy atom. The lowest BCUT2D eigenvalue weighted by molar-refractivity contribution is -0.121. The standard InChI is InChI=1S/C20H21ClN4O2/c1-2-6-19(26)22-12-18-24-16-9-3-4-10-17(16)25(18)13-20(27)23-15-8-5-7-14(21)11-15/h3-5,7-11H,2,6,12-13H2,1H3,(H,22,26)(H,23,27). The van der Waals surface area contributed by atoms with Crippen LogP contribution in [0.15, 0.2) is 48.5 Å². The van der Waals surface area contributed by atoms with E-state index in [1.165, 1.54) is 0 Å². The number of hydrogen-bond acceptors (Lipinski definition) is 3. The Labute approximate surface area is 162 Å². The molecule has 0 bridgehead atoms. The third-order valence-electron chi connectivity index (χ3n) is 4.06. The third kappa shape index (κ3) is 4.86. The molecule has 0 saturated carbocycles. The number of amides is 2. The smallest absolute Gasteiger partial charge is 0.244 e. The molecule has 0 spiro atoms. The van der Waals surface area contributed by atoms with E-state index in [0.29, 0.717) is 23.0 Å². The number of carbonyl (C=O) groups is 2. The Hall–Kier alpha value is -2.86. The summed E-state index contributed by atoms with van der Waals surface area (Å²) in [5.41, 5.74) is 2.26. The Bertz CT molecular complexity index is 968. The lowest BCUT2D eigenvalue weighted by Gasteiger charge is -2.11. The first kappa shape index (κ1) is 18.9. The van der Waals surface area contributed by atoms with Crippen molar-refractivity contribution >= 4 is 40.1 Å². The molecule has 0 atom stereocenters. The Kier molecular flexibility index (Phi) is 6.08. The minimum Gasteiger partial charge on any atom is -0.349 e. The molecule has 27 heavy (non-hydrogen) atoms. The molecule has 140 valence electrons. The van der Waals surface area contributed by atoms with Crippen LogP contribution >= 0.6 is 11.6 Å². The number of nitrogens with zero attached hydrogens (tertiary/aromatic N) is 2. The summed E-state index contributed by atoms with van der Waals surface area (Å²) in [5.74, 6) is 0.419. The van der Waals surface area contributed by atoms with Gasteiger partial charge < -0.3 is 15.2 Å². The van der Waals surface area contributed by atoms with Crippen LogP contribution in [0.4, 0.5) is 5.69 Å². The van der Waals surface area contributed by atoms with Crippen molar-refractivity contribution in [3.8, 4) is 0 Å². The van der Waals surface area contributed by atoms with E-state index < -0.39 is 0 Å². The predicted octanol–water partition coefficient (Wildman–Crippen LogP) is 3.74. The second-order valence-electron chi connectivity index (χ2n) is 6.19. The van der Waals surface area contributed by atoms with Gasteiger partial charge in [-0.05, 0) is 36.8 Å². The molecule has 3 aromatic rings. The lowest BCUT2D eigenvalue weighted by Crippen LogP contribution is -2.26. The quantitative estimate of drug-likeness (QED) is 0.651. The number of hydrogen-bond donors (Lipinski definition) is 2. The Morgan fingerprint density at radius 3 is 2.70 bits per heavy atom. The van der Waals surface area contributed by atoms with Gasteiger partial charge in [-0.1, -0.05) is 36.7 Å². The summed E-state index contributed by atoms with van der Waals surface area (Å²) in [6, 6.07) is 14.6. The summed E-state index contributed by atoms with van der Waals surface area (Å²) in [6.07, 6.45) is 1.25. The van der Waals surface area contributed by atoms with E-state index in [1.807, 2.05) is 35.8 Å². The van der Waals surface area contributed by atoms with Gasteiger partial charge in [0.25, 0.3) is 0 Å². The van der Waals surface area contributed by atoms with Crippen LogP contribution in [-0.4, -0.2) is 21.4 Å². The molecule has 0 aliphatic carbocycles. The number of para-hydroxylation sites is 2. The van der Waals surface area contributed by atoms with Crippen LogP contribution in [0.25, 0.3) is 11.0 Å². The van der Waals surface area contributed by atoms with Gasteiger partial charge in [0.1, 0.15) is 12.4 Å². The molecule has 0 unspecified atom stereocenters. The second kappa shape index (κ2) is 8.68. The number of aromatic nitrogens is 2. The fourth-order valence-corrected chi connectivity index (χ4v) is 3.03. The van der Waals surface area contributed by atoms with Gasteiger partial charge in [-0.15, -0.1) is 0 Å². The molecule has 1 heterocycles. The van der Waals surface area contributed by atoms with E-state index in [-0.39, 0.29) is 24.9 Å². The monoisotopic (exact) mass is 384 g/mol. The van der Waals surface area contributed by atoms with Gasteiger partial charge in [-0.2, -0.15) is 0 Å². The maximum absolute atomic E-state index is 12.5. The maximum Gasteiger partial charge on any atom is 0.244 e. The predicted molar refractivity (Wildman–Crippen MR) is 107 cm³/mol. The van der Waals surface area contributed by atoms with E-state index in [0.717, 1.165) is 17.5 Å². The van der Waals surface area contributed by atoms with E-state index >= 15 is 0 Å². The number of anilines is 1. The Balaban J connectivity index is 1.80. The van der Waals surface area contributed by atoms with Crippen LogP contribution in [0.2, 0.25) is 5.02 Å². The van der Waals surface area contributed by atoms with Crippen molar-refractivity contribution in [3.63, 3.8) is 0 Å². The first-order valence-corrected chi connectivity index (χ1v) is 9.21. The molecule has 3 rings (SSSR count). The zero-order valence-electron chi connectivity index (χ0n) is 15.0. The van der Waals surface area contributed by atoms with Gasteiger partial charge >= 0.3 is 0 Å². The van der Waals surface area contributed by atoms with Crippen molar-refractivity contribution in [1.82, 2.24) is 14.9 Å². The minimum atomic E-state index is -0.193. The molecular weight excluding hydrogens is 364 g/mol. The van der Waals surface area contributed by atoms with E-state index in [4.69, 9.17) is 11.6 Å². The second-order valence-corrected chi connectivity index (χ2v) is 6.62. The zero-order chi connectivity index (χ0) is 19.2.